The van der Waals surface area contributed by atoms with Gasteiger partial charge < -0.3 is 9.73 Å². The van der Waals surface area contributed by atoms with E-state index in [1.165, 1.54) is 5.56 Å². The third-order valence-corrected chi connectivity index (χ3v) is 2.57. The number of halogens is 1. The van der Waals surface area contributed by atoms with Crippen molar-refractivity contribution in [1.29, 1.82) is 0 Å². The first-order valence-corrected chi connectivity index (χ1v) is 6.08. The number of nitrogens with one attached hydrogen (secondary N) is 1. The van der Waals surface area contributed by atoms with Crippen LogP contribution in [0, 0.1) is 0 Å². The Bertz CT molecular complexity index is 444. The van der Waals surface area contributed by atoms with Crippen LogP contribution >= 0.6 is 11.6 Å². The molecule has 1 aromatic heterocycles. The van der Waals surface area contributed by atoms with Gasteiger partial charge in [0.25, 0.3) is 0 Å². The number of alkyl halides is 1. The highest BCUT2D eigenvalue weighted by Gasteiger charge is 2.02. The van der Waals surface area contributed by atoms with E-state index in [-0.39, 0.29) is 5.88 Å². The van der Waals surface area contributed by atoms with Gasteiger partial charge >= 0.3 is 6.01 Å². The fourth-order valence-corrected chi connectivity index (χ4v) is 1.62. The summed E-state index contributed by atoms with van der Waals surface area (Å²) in [5.74, 6) is 0.691. The predicted octanol–water partition coefficient (Wildman–Crippen LogP) is 2.85. The van der Waals surface area contributed by atoms with Crippen LogP contribution in [-0.4, -0.2) is 16.7 Å². The van der Waals surface area contributed by atoms with Crippen molar-refractivity contribution in [3.63, 3.8) is 0 Å². The minimum atomic E-state index is 0.249. The molecule has 0 atom stereocenters. The van der Waals surface area contributed by atoms with Crippen LogP contribution in [0.3, 0.4) is 0 Å². The number of aromatic nitrogens is 2. The molecule has 0 aliphatic heterocycles. The average molecular weight is 252 g/mol. The summed E-state index contributed by atoms with van der Waals surface area (Å²) in [6, 6.07) is 10.8. The van der Waals surface area contributed by atoms with E-state index in [9.17, 15) is 0 Å². The van der Waals surface area contributed by atoms with Crippen molar-refractivity contribution in [1.82, 2.24) is 10.2 Å². The monoisotopic (exact) mass is 251 g/mol. The highest BCUT2D eigenvalue weighted by Crippen LogP contribution is 2.08. The van der Waals surface area contributed by atoms with E-state index < -0.39 is 0 Å². The van der Waals surface area contributed by atoms with E-state index in [1.807, 2.05) is 18.2 Å². The molecule has 0 saturated heterocycles. The Morgan fingerprint density at radius 1 is 1.18 bits per heavy atom. The second-order valence-corrected chi connectivity index (χ2v) is 3.92. The molecule has 5 heteroatoms. The summed E-state index contributed by atoms with van der Waals surface area (Å²) >= 11 is 5.56. The quantitative estimate of drug-likeness (QED) is 0.634. The maximum Gasteiger partial charge on any atom is 0.315 e. The molecule has 2 aromatic rings. The lowest BCUT2D eigenvalue weighted by Gasteiger charge is -2.01. The van der Waals surface area contributed by atoms with Gasteiger partial charge in [-0.25, -0.2) is 0 Å². The van der Waals surface area contributed by atoms with Crippen molar-refractivity contribution < 1.29 is 4.42 Å². The first-order chi connectivity index (χ1) is 8.38. The van der Waals surface area contributed by atoms with Crippen LogP contribution in [0.2, 0.25) is 0 Å². The van der Waals surface area contributed by atoms with Gasteiger partial charge in [0.2, 0.25) is 5.89 Å². The van der Waals surface area contributed by atoms with E-state index in [1.54, 1.807) is 0 Å². The lowest BCUT2D eigenvalue weighted by molar-refractivity contribution is 0.525. The van der Waals surface area contributed by atoms with Gasteiger partial charge in [-0.15, -0.1) is 16.7 Å². The first-order valence-electron chi connectivity index (χ1n) is 5.54. The predicted molar refractivity (Wildman–Crippen MR) is 67.1 cm³/mol. The summed E-state index contributed by atoms with van der Waals surface area (Å²) in [7, 11) is 0. The van der Waals surface area contributed by atoms with Crippen molar-refractivity contribution in [3.8, 4) is 0 Å². The molecule has 0 aliphatic rings. The van der Waals surface area contributed by atoms with Crippen molar-refractivity contribution >= 4 is 17.6 Å². The van der Waals surface area contributed by atoms with Crippen molar-refractivity contribution in [2.24, 2.45) is 0 Å². The molecule has 0 amide bonds. The maximum absolute atomic E-state index is 5.56. The Labute approximate surface area is 105 Å². The number of hydrogen-bond donors (Lipinski definition) is 1. The minimum Gasteiger partial charge on any atom is -0.407 e. The Kier molecular flexibility index (Phi) is 4.38. The Balaban J connectivity index is 1.69. The van der Waals surface area contributed by atoms with E-state index in [4.69, 9.17) is 16.0 Å². The summed E-state index contributed by atoms with van der Waals surface area (Å²) in [6.45, 7) is 0.804. The number of rotatable bonds is 6. The van der Waals surface area contributed by atoms with Crippen LogP contribution in [0.25, 0.3) is 0 Å². The molecular formula is C12H14ClN3O. The van der Waals surface area contributed by atoms with Gasteiger partial charge in [-0.2, -0.15) is 0 Å². The van der Waals surface area contributed by atoms with Gasteiger partial charge in [0.05, 0.1) is 0 Å². The smallest absolute Gasteiger partial charge is 0.315 e. The van der Waals surface area contributed by atoms with Gasteiger partial charge in [-0.1, -0.05) is 35.4 Å². The molecule has 0 saturated carbocycles. The zero-order valence-electron chi connectivity index (χ0n) is 9.40. The topological polar surface area (TPSA) is 51.0 Å². The fourth-order valence-electron chi connectivity index (χ4n) is 1.51. The summed E-state index contributed by atoms with van der Waals surface area (Å²) in [6.07, 6.45) is 2.05. The molecule has 0 spiro atoms. The summed E-state index contributed by atoms with van der Waals surface area (Å²) < 4.78 is 5.22. The standard InChI is InChI=1S/C12H14ClN3O/c13-9-11-15-16-12(17-11)14-8-4-7-10-5-2-1-3-6-10/h1-3,5-6H,4,7-9H2,(H,14,16). The molecule has 1 heterocycles. The summed E-state index contributed by atoms with van der Waals surface area (Å²) in [5, 5.41) is 10.7. The normalized spacial score (nSPS) is 10.4. The largest absolute Gasteiger partial charge is 0.407 e. The van der Waals surface area contributed by atoms with Gasteiger partial charge in [0.15, 0.2) is 0 Å². The van der Waals surface area contributed by atoms with Crippen molar-refractivity contribution in [2.45, 2.75) is 18.7 Å². The van der Waals surface area contributed by atoms with E-state index in [0.717, 1.165) is 19.4 Å². The molecule has 4 nitrogen and oxygen atoms in total. The Morgan fingerprint density at radius 2 is 2.00 bits per heavy atom. The number of nitrogens with zero attached hydrogens (tertiary/aromatic N) is 2. The molecule has 0 bridgehead atoms. The third kappa shape index (κ3) is 3.75. The second-order valence-electron chi connectivity index (χ2n) is 3.65. The van der Waals surface area contributed by atoms with E-state index in [2.05, 4.69) is 27.6 Å². The highest BCUT2D eigenvalue weighted by atomic mass is 35.5. The number of benzene rings is 1. The number of anilines is 1. The van der Waals surface area contributed by atoms with Crippen LogP contribution in [-0.2, 0) is 12.3 Å². The van der Waals surface area contributed by atoms with Crippen LogP contribution in [0.15, 0.2) is 34.7 Å². The van der Waals surface area contributed by atoms with E-state index in [0.29, 0.717) is 11.9 Å². The molecule has 0 fully saturated rings. The molecule has 90 valence electrons. The SMILES string of the molecule is ClCc1nnc(NCCCc2ccccc2)o1. The Morgan fingerprint density at radius 3 is 2.71 bits per heavy atom. The number of aryl methyl sites for hydroxylation is 1. The first kappa shape index (κ1) is 11.9. The maximum atomic E-state index is 5.56. The summed E-state index contributed by atoms with van der Waals surface area (Å²) in [4.78, 5) is 0. The average Bonchev–Trinajstić information content (AvgIpc) is 2.84. The fraction of sp³-hybridized carbons (Fsp3) is 0.333. The molecule has 2 rings (SSSR count). The van der Waals surface area contributed by atoms with Crippen LogP contribution in [0.1, 0.15) is 17.9 Å². The van der Waals surface area contributed by atoms with Crippen molar-refractivity contribution in [3.05, 3.63) is 41.8 Å². The van der Waals surface area contributed by atoms with Gasteiger partial charge in [-0.05, 0) is 18.4 Å². The van der Waals surface area contributed by atoms with Crippen LogP contribution in [0.5, 0.6) is 0 Å². The molecule has 1 aromatic carbocycles. The zero-order valence-corrected chi connectivity index (χ0v) is 10.2. The molecular weight excluding hydrogens is 238 g/mol. The zero-order chi connectivity index (χ0) is 11.9. The van der Waals surface area contributed by atoms with Crippen LogP contribution < -0.4 is 5.32 Å². The lowest BCUT2D eigenvalue weighted by atomic mass is 10.1. The van der Waals surface area contributed by atoms with Crippen molar-refractivity contribution in [2.75, 3.05) is 11.9 Å². The highest BCUT2D eigenvalue weighted by molar-refractivity contribution is 6.16. The second kappa shape index (κ2) is 6.25. The molecule has 0 radical (unpaired) electrons. The van der Waals surface area contributed by atoms with Crippen LogP contribution in [0.4, 0.5) is 6.01 Å². The minimum absolute atomic E-state index is 0.249. The van der Waals surface area contributed by atoms with E-state index >= 15 is 0 Å². The third-order valence-electron chi connectivity index (χ3n) is 2.34. The summed E-state index contributed by atoms with van der Waals surface area (Å²) in [5.41, 5.74) is 1.33. The Hall–Kier alpha value is -1.55. The number of hydrogen-bond acceptors (Lipinski definition) is 4. The molecule has 17 heavy (non-hydrogen) atoms. The van der Waals surface area contributed by atoms with Gasteiger partial charge in [-0.3, -0.25) is 0 Å². The molecule has 0 aliphatic carbocycles. The van der Waals surface area contributed by atoms with Gasteiger partial charge in [0, 0.05) is 6.54 Å². The van der Waals surface area contributed by atoms with Gasteiger partial charge in [0.1, 0.15) is 5.88 Å². The molecule has 1 N–H and O–H groups in total. The lowest BCUT2D eigenvalue weighted by Crippen LogP contribution is -2.03. The molecule has 0 unspecified atom stereocenters.